The van der Waals surface area contributed by atoms with Gasteiger partial charge in [0.15, 0.2) is 5.16 Å². The fourth-order valence-corrected chi connectivity index (χ4v) is 4.28. The van der Waals surface area contributed by atoms with Gasteiger partial charge in [0.25, 0.3) is 0 Å². The number of aliphatic hydroxyl groups is 1. The Balaban J connectivity index is 1.74. The Hall–Kier alpha value is -2.00. The van der Waals surface area contributed by atoms with E-state index in [-0.39, 0.29) is 30.4 Å². The third-order valence-electron chi connectivity index (χ3n) is 5.18. The Morgan fingerprint density at radius 1 is 1.28 bits per heavy atom. The number of rotatable bonds is 6. The molecule has 1 aliphatic rings. The maximum Gasteiger partial charge on any atom is 0.416 e. The maximum absolute atomic E-state index is 13.3. The number of piperidine rings is 1. The fraction of sp³-hybridized carbons (Fsp3) is 0.500. The molecule has 0 atom stereocenters. The number of benzene rings is 1. The molecule has 5 nitrogen and oxygen atoms in total. The molecule has 0 spiro atoms. The number of carbonyl (C=O) groups is 1. The summed E-state index contributed by atoms with van der Waals surface area (Å²) in [6, 6.07) is 5.35. The summed E-state index contributed by atoms with van der Waals surface area (Å²) in [4.78, 5) is 18.5. The number of hydrogen-bond donors (Lipinski definition) is 1. The topological polar surface area (TPSA) is 58.4 Å². The van der Waals surface area contributed by atoms with Gasteiger partial charge in [0.1, 0.15) is 0 Å². The van der Waals surface area contributed by atoms with E-state index in [0.717, 1.165) is 32.0 Å². The second kappa shape index (κ2) is 9.21. The number of thioether (sulfide) groups is 1. The summed E-state index contributed by atoms with van der Waals surface area (Å²) in [6.07, 6.45) is -1.07. The lowest BCUT2D eigenvalue weighted by Crippen LogP contribution is -2.38. The molecule has 0 unspecified atom stereocenters. The van der Waals surface area contributed by atoms with Crippen molar-refractivity contribution in [1.82, 2.24) is 14.5 Å². The molecule has 2 heterocycles. The second-order valence-corrected chi connectivity index (χ2v) is 8.23. The van der Waals surface area contributed by atoms with Crippen LogP contribution in [0.4, 0.5) is 13.2 Å². The van der Waals surface area contributed by atoms with E-state index in [2.05, 4.69) is 11.9 Å². The third-order valence-corrected chi connectivity index (χ3v) is 6.15. The van der Waals surface area contributed by atoms with Crippen molar-refractivity contribution in [1.29, 1.82) is 0 Å². The minimum Gasteiger partial charge on any atom is -0.390 e. The highest BCUT2D eigenvalue weighted by atomic mass is 32.2. The number of nitrogens with zero attached hydrogens (tertiary/aromatic N) is 3. The van der Waals surface area contributed by atoms with Gasteiger partial charge < -0.3 is 14.6 Å². The van der Waals surface area contributed by atoms with E-state index < -0.39 is 11.7 Å². The van der Waals surface area contributed by atoms with E-state index in [0.29, 0.717) is 16.8 Å². The van der Waals surface area contributed by atoms with Gasteiger partial charge in [-0.3, -0.25) is 4.79 Å². The first-order chi connectivity index (χ1) is 13.8. The fourth-order valence-electron chi connectivity index (χ4n) is 3.38. The zero-order valence-corrected chi connectivity index (χ0v) is 17.0. The number of imidazole rings is 1. The quantitative estimate of drug-likeness (QED) is 0.713. The van der Waals surface area contributed by atoms with Crippen molar-refractivity contribution in [2.24, 2.45) is 5.92 Å². The van der Waals surface area contributed by atoms with Gasteiger partial charge in [0.05, 0.1) is 36.4 Å². The molecule has 1 aliphatic heterocycles. The first-order valence-corrected chi connectivity index (χ1v) is 10.5. The average Bonchev–Trinajstić information content (AvgIpc) is 3.08. The van der Waals surface area contributed by atoms with Crippen molar-refractivity contribution >= 4 is 17.7 Å². The van der Waals surface area contributed by atoms with Gasteiger partial charge in [-0.05, 0) is 30.4 Å². The molecule has 0 bridgehead atoms. The van der Waals surface area contributed by atoms with Crippen molar-refractivity contribution in [2.75, 3.05) is 18.8 Å². The summed E-state index contributed by atoms with van der Waals surface area (Å²) in [7, 11) is 0. The number of hydrogen-bond acceptors (Lipinski definition) is 4. The molecule has 0 radical (unpaired) electrons. The number of aliphatic hydroxyl groups excluding tert-OH is 1. The Morgan fingerprint density at radius 3 is 2.62 bits per heavy atom. The number of carbonyl (C=O) groups excluding carboxylic acids is 1. The molecular weight excluding hydrogens is 403 g/mol. The zero-order valence-electron chi connectivity index (χ0n) is 16.2. The molecule has 3 rings (SSSR count). The molecule has 158 valence electrons. The van der Waals surface area contributed by atoms with E-state index >= 15 is 0 Å². The van der Waals surface area contributed by atoms with E-state index in [1.165, 1.54) is 30.1 Å². The van der Waals surface area contributed by atoms with Gasteiger partial charge in [-0.15, -0.1) is 0 Å². The first kappa shape index (κ1) is 21.7. The van der Waals surface area contributed by atoms with E-state index in [9.17, 15) is 23.1 Å². The zero-order chi connectivity index (χ0) is 21.0. The average molecular weight is 427 g/mol. The van der Waals surface area contributed by atoms with Crippen molar-refractivity contribution in [3.63, 3.8) is 0 Å². The standard InChI is InChI=1S/C20H24F3N3O2S/c1-14-6-8-25(9-7-14)18(28)13-29-19-24-10-16(12-27)26(19)11-15-4-2-3-5-17(15)20(21,22)23/h2-5,10,14,27H,6-9,11-13H2,1H3. The van der Waals surface area contributed by atoms with Crippen LogP contribution in [-0.4, -0.2) is 44.3 Å². The van der Waals surface area contributed by atoms with E-state index in [4.69, 9.17) is 0 Å². The predicted octanol–water partition coefficient (Wildman–Crippen LogP) is 3.79. The summed E-state index contributed by atoms with van der Waals surface area (Å²) >= 11 is 1.19. The molecular formula is C20H24F3N3O2S. The van der Waals surface area contributed by atoms with Crippen LogP contribution >= 0.6 is 11.8 Å². The number of likely N-dealkylation sites (tertiary alicyclic amines) is 1. The molecule has 9 heteroatoms. The molecule has 0 saturated carbocycles. The largest absolute Gasteiger partial charge is 0.416 e. The van der Waals surface area contributed by atoms with E-state index in [1.807, 2.05) is 4.90 Å². The number of alkyl halides is 3. The predicted molar refractivity (Wildman–Crippen MR) is 104 cm³/mol. The van der Waals surface area contributed by atoms with Crippen LogP contribution < -0.4 is 0 Å². The SMILES string of the molecule is CC1CCN(C(=O)CSc2ncc(CO)n2Cc2ccccc2C(F)(F)F)CC1. The van der Waals surface area contributed by atoms with Gasteiger partial charge in [-0.1, -0.05) is 36.9 Å². The van der Waals surface area contributed by atoms with Crippen LogP contribution in [-0.2, 0) is 24.1 Å². The monoisotopic (exact) mass is 427 g/mol. The van der Waals surface area contributed by atoms with Crippen molar-refractivity contribution in [3.8, 4) is 0 Å². The molecule has 1 aromatic heterocycles. The summed E-state index contributed by atoms with van der Waals surface area (Å²) in [5, 5.41) is 10.00. The van der Waals surface area contributed by atoms with Gasteiger partial charge in [-0.25, -0.2) is 4.98 Å². The Labute approximate surface area is 171 Å². The highest BCUT2D eigenvalue weighted by molar-refractivity contribution is 7.99. The normalized spacial score (nSPS) is 15.7. The van der Waals surface area contributed by atoms with Crippen molar-refractivity contribution in [3.05, 3.63) is 47.3 Å². The highest BCUT2D eigenvalue weighted by Crippen LogP contribution is 2.33. The van der Waals surface area contributed by atoms with Crippen LogP contribution in [0, 0.1) is 5.92 Å². The van der Waals surface area contributed by atoms with Crippen LogP contribution in [0.3, 0.4) is 0 Å². The highest BCUT2D eigenvalue weighted by Gasteiger charge is 2.33. The minimum absolute atomic E-state index is 0.00214. The molecule has 1 aromatic carbocycles. The van der Waals surface area contributed by atoms with Crippen LogP contribution in [0.1, 0.15) is 36.6 Å². The van der Waals surface area contributed by atoms with Crippen molar-refractivity contribution in [2.45, 2.75) is 44.2 Å². The maximum atomic E-state index is 13.3. The molecule has 1 amide bonds. The van der Waals surface area contributed by atoms with Crippen LogP contribution in [0.2, 0.25) is 0 Å². The Morgan fingerprint density at radius 2 is 1.97 bits per heavy atom. The van der Waals surface area contributed by atoms with Gasteiger partial charge >= 0.3 is 6.18 Å². The van der Waals surface area contributed by atoms with Gasteiger partial charge in [0.2, 0.25) is 5.91 Å². The lowest BCUT2D eigenvalue weighted by molar-refractivity contribution is -0.138. The second-order valence-electron chi connectivity index (χ2n) is 7.28. The van der Waals surface area contributed by atoms with Gasteiger partial charge in [0, 0.05) is 13.1 Å². The van der Waals surface area contributed by atoms with Crippen LogP contribution in [0.25, 0.3) is 0 Å². The summed E-state index contributed by atoms with van der Waals surface area (Å²) in [5.41, 5.74) is -0.221. The Bertz CT molecular complexity index is 846. The third kappa shape index (κ3) is 5.33. The number of halogens is 3. The Kier molecular flexibility index (Phi) is 6.89. The molecule has 1 N–H and O–H groups in total. The number of amides is 1. The molecule has 0 aliphatic carbocycles. The lowest BCUT2D eigenvalue weighted by Gasteiger charge is -2.30. The first-order valence-electron chi connectivity index (χ1n) is 9.50. The summed E-state index contributed by atoms with van der Waals surface area (Å²) < 4.78 is 41.5. The van der Waals surface area contributed by atoms with E-state index in [1.54, 1.807) is 10.6 Å². The summed E-state index contributed by atoms with van der Waals surface area (Å²) in [6.45, 7) is 3.21. The lowest BCUT2D eigenvalue weighted by atomic mass is 9.99. The molecule has 1 fully saturated rings. The van der Waals surface area contributed by atoms with Crippen LogP contribution in [0.5, 0.6) is 0 Å². The summed E-state index contributed by atoms with van der Waals surface area (Å²) in [5.74, 6) is 0.779. The van der Waals surface area contributed by atoms with Crippen molar-refractivity contribution < 1.29 is 23.1 Å². The minimum atomic E-state index is -4.47. The van der Waals surface area contributed by atoms with Crippen LogP contribution in [0.15, 0.2) is 35.6 Å². The smallest absolute Gasteiger partial charge is 0.390 e. The molecule has 29 heavy (non-hydrogen) atoms. The van der Waals surface area contributed by atoms with Gasteiger partial charge in [-0.2, -0.15) is 13.2 Å². The molecule has 2 aromatic rings. The number of aromatic nitrogens is 2. The molecule has 1 saturated heterocycles.